The van der Waals surface area contributed by atoms with Gasteiger partial charge in [-0.05, 0) is 95.3 Å². The van der Waals surface area contributed by atoms with Crippen molar-refractivity contribution in [3.8, 4) is 6.07 Å². The highest BCUT2D eigenvalue weighted by Gasteiger charge is 2.56. The molecule has 0 aliphatic carbocycles. The SMILES string of the molecule is CC(C)(C)C(=O)OCOP(=O)(OCOC(=O)C(C)(C)C)C(F)(F)c1ccc2ccc(C(=O)NCC3CN(CC(F)F)CC[C@H]4CC[C@@H](C(=O)N5C[C@H](c6ccccc6)[C@@H](C#N)C5)N4C3=O)cc2c1. The van der Waals surface area contributed by atoms with Gasteiger partial charge in [-0.25, -0.2) is 8.78 Å². The van der Waals surface area contributed by atoms with Gasteiger partial charge in [0.2, 0.25) is 25.4 Å². The van der Waals surface area contributed by atoms with Crippen molar-refractivity contribution in [2.75, 3.05) is 52.9 Å². The van der Waals surface area contributed by atoms with E-state index in [1.165, 1.54) is 70.7 Å². The number of amides is 3. The summed E-state index contributed by atoms with van der Waals surface area (Å²) in [5.74, 6) is -4.93. The van der Waals surface area contributed by atoms with Crippen LogP contribution in [0.1, 0.15) is 88.2 Å². The van der Waals surface area contributed by atoms with Crippen LogP contribution in [0.2, 0.25) is 0 Å². The van der Waals surface area contributed by atoms with Gasteiger partial charge >= 0.3 is 25.2 Å². The van der Waals surface area contributed by atoms with Crippen molar-refractivity contribution in [2.45, 2.75) is 90.9 Å². The molecule has 6 rings (SSSR count). The summed E-state index contributed by atoms with van der Waals surface area (Å²) in [6.07, 6.45) is -1.54. The van der Waals surface area contributed by atoms with Gasteiger partial charge in [0, 0.05) is 55.8 Å². The number of esters is 2. The normalized spacial score (nSPS) is 21.8. The Morgan fingerprint density at radius 1 is 0.838 bits per heavy atom. The second-order valence-corrected chi connectivity index (χ2v) is 21.6. The Hall–Kier alpha value is -5.41. The molecule has 5 atom stereocenters. The number of nitrogens with one attached hydrogen (secondary N) is 1. The maximum Gasteiger partial charge on any atom is 0.410 e. The second kappa shape index (κ2) is 21.1. The lowest BCUT2D eigenvalue weighted by Crippen LogP contribution is -2.56. The summed E-state index contributed by atoms with van der Waals surface area (Å²) in [5, 5.41) is 13.2. The largest absolute Gasteiger partial charge is 0.438 e. The number of hydrogen-bond acceptors (Lipinski definition) is 12. The maximum absolute atomic E-state index is 16.4. The van der Waals surface area contributed by atoms with Crippen molar-refractivity contribution < 1.29 is 64.6 Å². The molecular weight excluding hydrogens is 914 g/mol. The number of likely N-dealkylation sites (tertiary alicyclic amines) is 1. The number of carbonyl (C=O) groups is 5. The number of nitriles is 1. The number of fused-ring (bicyclic) bond motifs is 2. The highest BCUT2D eigenvalue weighted by atomic mass is 31.2. The van der Waals surface area contributed by atoms with Crippen molar-refractivity contribution in [3.05, 3.63) is 83.4 Å². The lowest BCUT2D eigenvalue weighted by atomic mass is 9.90. The molecule has 20 heteroatoms. The van der Waals surface area contributed by atoms with Crippen LogP contribution in [0.25, 0.3) is 10.8 Å². The van der Waals surface area contributed by atoms with E-state index in [1.807, 2.05) is 30.3 Å². The molecule has 3 saturated heterocycles. The van der Waals surface area contributed by atoms with Crippen molar-refractivity contribution in [3.63, 3.8) is 0 Å². The minimum Gasteiger partial charge on any atom is -0.438 e. The average molecular weight is 972 g/mol. The van der Waals surface area contributed by atoms with Gasteiger partial charge in [0.25, 0.3) is 12.3 Å². The van der Waals surface area contributed by atoms with Gasteiger partial charge in [0.05, 0.1) is 35.3 Å². The molecule has 368 valence electrons. The van der Waals surface area contributed by atoms with Crippen molar-refractivity contribution in [1.29, 1.82) is 5.26 Å². The Balaban J connectivity index is 1.20. The molecule has 3 aliphatic heterocycles. The first-order chi connectivity index (χ1) is 31.9. The van der Waals surface area contributed by atoms with Crippen LogP contribution < -0.4 is 5.32 Å². The van der Waals surface area contributed by atoms with Gasteiger partial charge in [-0.15, -0.1) is 0 Å². The number of hydrogen-bond donors (Lipinski definition) is 1. The van der Waals surface area contributed by atoms with Gasteiger partial charge in [-0.2, -0.15) is 14.0 Å². The fourth-order valence-corrected chi connectivity index (χ4v) is 9.86. The third kappa shape index (κ3) is 11.9. The number of halogens is 4. The molecule has 0 spiro atoms. The minimum atomic E-state index is -5.66. The molecule has 1 N–H and O–H groups in total. The zero-order chi connectivity index (χ0) is 49.8. The van der Waals surface area contributed by atoms with E-state index in [1.54, 1.807) is 9.80 Å². The molecule has 3 amide bonds. The van der Waals surface area contributed by atoms with E-state index < -0.39 is 104 Å². The molecule has 1 unspecified atom stereocenters. The number of ether oxygens (including phenoxy) is 2. The number of nitrogens with zero attached hydrogens (tertiary/aromatic N) is 4. The van der Waals surface area contributed by atoms with Crippen LogP contribution in [-0.2, 0) is 47.9 Å². The predicted octanol–water partition coefficient (Wildman–Crippen LogP) is 7.65. The summed E-state index contributed by atoms with van der Waals surface area (Å²) in [6, 6.07) is 17.9. The summed E-state index contributed by atoms with van der Waals surface area (Å²) >= 11 is 0. The first-order valence-electron chi connectivity index (χ1n) is 22.4. The molecule has 15 nitrogen and oxygen atoms in total. The van der Waals surface area contributed by atoms with Gasteiger partial charge in [0.1, 0.15) is 6.04 Å². The fraction of sp³-hybridized carbons (Fsp3) is 0.542. The summed E-state index contributed by atoms with van der Waals surface area (Å²) in [4.78, 5) is 71.9. The molecule has 3 fully saturated rings. The zero-order valence-electron chi connectivity index (χ0n) is 38.9. The molecule has 0 bridgehead atoms. The van der Waals surface area contributed by atoms with E-state index in [0.717, 1.165) is 17.7 Å². The Kier molecular flexibility index (Phi) is 16.1. The van der Waals surface area contributed by atoms with E-state index in [4.69, 9.17) is 18.5 Å². The predicted molar refractivity (Wildman–Crippen MR) is 240 cm³/mol. The van der Waals surface area contributed by atoms with E-state index >= 15 is 8.78 Å². The van der Waals surface area contributed by atoms with Crippen LogP contribution >= 0.6 is 7.60 Å². The first-order valence-corrected chi connectivity index (χ1v) is 24.0. The van der Waals surface area contributed by atoms with Crippen LogP contribution in [0.5, 0.6) is 0 Å². The molecule has 0 saturated carbocycles. The lowest BCUT2D eigenvalue weighted by Gasteiger charge is -2.39. The van der Waals surface area contributed by atoms with E-state index in [9.17, 15) is 42.6 Å². The molecule has 3 aromatic carbocycles. The molecule has 3 aromatic rings. The Morgan fingerprint density at radius 2 is 1.47 bits per heavy atom. The van der Waals surface area contributed by atoms with Gasteiger partial charge in [-0.3, -0.25) is 42.5 Å². The van der Waals surface area contributed by atoms with Crippen LogP contribution in [0.3, 0.4) is 0 Å². The molecule has 0 radical (unpaired) electrons. The Bertz CT molecular complexity index is 2410. The van der Waals surface area contributed by atoms with E-state index in [-0.39, 0.29) is 49.0 Å². The highest BCUT2D eigenvalue weighted by Crippen LogP contribution is 2.67. The zero-order valence-corrected chi connectivity index (χ0v) is 39.8. The summed E-state index contributed by atoms with van der Waals surface area (Å²) in [5.41, 5.74) is -6.55. The second-order valence-electron chi connectivity index (χ2n) is 19.5. The van der Waals surface area contributed by atoms with Crippen LogP contribution in [0.15, 0.2) is 66.7 Å². The van der Waals surface area contributed by atoms with Crippen LogP contribution in [0, 0.1) is 34.0 Å². The van der Waals surface area contributed by atoms with Crippen LogP contribution in [-0.4, -0.2) is 116 Å². The van der Waals surface area contributed by atoms with E-state index in [0.29, 0.717) is 31.2 Å². The number of rotatable bonds is 15. The number of benzene rings is 3. The fourth-order valence-electron chi connectivity index (χ4n) is 8.62. The van der Waals surface area contributed by atoms with Crippen molar-refractivity contribution >= 4 is 48.0 Å². The van der Waals surface area contributed by atoms with Crippen molar-refractivity contribution in [2.24, 2.45) is 22.7 Å². The lowest BCUT2D eigenvalue weighted by molar-refractivity contribution is -0.163. The highest BCUT2D eigenvalue weighted by molar-refractivity contribution is 7.54. The standard InChI is InChI=1S/C48H58F4N5O10P/c1-46(2,3)44(61)64-28-66-68(63,67-29-65-45(62)47(4,5)6)48(51,52)36-15-14-30-12-13-32(20-33(30)21-36)41(58)54-23-35-24-55(27-40(49)50)19-18-37-16-17-39(57(37)42(35)59)43(60)56-25-34(22-53)38(26-56)31-10-8-7-9-11-31/h7-15,20-21,34-35,37-40H,16-19,23-29H2,1-6H3,(H,54,58)/t34-,35?,37+,38+,39-/m0/s1. The number of alkyl halides is 4. The summed E-state index contributed by atoms with van der Waals surface area (Å²) in [7, 11) is -5.66. The maximum atomic E-state index is 16.4. The van der Waals surface area contributed by atoms with Gasteiger partial charge in [-0.1, -0.05) is 48.5 Å². The third-order valence-corrected chi connectivity index (χ3v) is 14.3. The van der Waals surface area contributed by atoms with Crippen LogP contribution in [0.4, 0.5) is 17.6 Å². The summed E-state index contributed by atoms with van der Waals surface area (Å²) in [6.45, 7) is 6.27. The summed E-state index contributed by atoms with van der Waals surface area (Å²) < 4.78 is 94.2. The monoisotopic (exact) mass is 971 g/mol. The molecular formula is C48H58F4N5O10P. The first kappa shape index (κ1) is 52.0. The molecule has 0 aromatic heterocycles. The number of carbonyl (C=O) groups excluding carboxylic acids is 5. The third-order valence-electron chi connectivity index (χ3n) is 12.4. The minimum absolute atomic E-state index is 0.0271. The van der Waals surface area contributed by atoms with Gasteiger partial charge in [0.15, 0.2) is 0 Å². The molecule has 3 heterocycles. The Morgan fingerprint density at radius 3 is 2.07 bits per heavy atom. The van der Waals surface area contributed by atoms with Gasteiger partial charge < -0.3 is 24.6 Å². The smallest absolute Gasteiger partial charge is 0.410 e. The Labute approximate surface area is 392 Å². The average Bonchev–Trinajstić information content (AvgIpc) is 3.92. The molecule has 68 heavy (non-hydrogen) atoms. The quantitative estimate of drug-likeness (QED) is 0.0680. The topological polar surface area (TPSA) is 185 Å². The van der Waals surface area contributed by atoms with Crippen molar-refractivity contribution in [1.82, 2.24) is 20.0 Å². The molecule has 3 aliphatic rings. The van der Waals surface area contributed by atoms with E-state index in [2.05, 4.69) is 11.4 Å².